The van der Waals surface area contributed by atoms with Crippen molar-refractivity contribution in [3.05, 3.63) is 69.9 Å². The van der Waals surface area contributed by atoms with Crippen LogP contribution in [0.2, 0.25) is 5.15 Å². The summed E-state index contributed by atoms with van der Waals surface area (Å²) in [4.78, 5) is 20.3. The lowest BCUT2D eigenvalue weighted by atomic mass is 10.1. The first-order valence-electron chi connectivity index (χ1n) is 7.17. The third-order valence-electron chi connectivity index (χ3n) is 3.17. The van der Waals surface area contributed by atoms with Crippen molar-refractivity contribution in [2.24, 2.45) is 0 Å². The molecule has 1 aromatic carbocycles. The number of aromatic nitrogens is 2. The fourth-order valence-corrected chi connectivity index (χ4v) is 2.83. The van der Waals surface area contributed by atoms with Crippen LogP contribution in [0, 0.1) is 6.92 Å². The van der Waals surface area contributed by atoms with Crippen LogP contribution >= 0.6 is 22.9 Å². The lowest BCUT2D eigenvalue weighted by Gasteiger charge is -2.08. The van der Waals surface area contributed by atoms with Crippen molar-refractivity contribution < 1.29 is 9.53 Å². The van der Waals surface area contributed by atoms with Crippen molar-refractivity contribution in [1.29, 1.82) is 0 Å². The number of nitrogens with zero attached hydrogens (tertiary/aromatic N) is 2. The van der Waals surface area contributed by atoms with Gasteiger partial charge in [0.05, 0.1) is 5.69 Å². The average molecular weight is 360 g/mol. The highest BCUT2D eigenvalue weighted by atomic mass is 35.5. The zero-order valence-corrected chi connectivity index (χ0v) is 14.4. The van der Waals surface area contributed by atoms with E-state index in [0.29, 0.717) is 28.2 Å². The number of carbonyl (C=O) groups is 1. The number of rotatable bonds is 5. The molecule has 0 spiro atoms. The number of thiazole rings is 1. The highest BCUT2D eigenvalue weighted by Gasteiger charge is 2.08. The summed E-state index contributed by atoms with van der Waals surface area (Å²) < 4.78 is 5.62. The number of pyridine rings is 1. The van der Waals surface area contributed by atoms with Gasteiger partial charge in [-0.2, -0.15) is 0 Å². The summed E-state index contributed by atoms with van der Waals surface area (Å²) >= 11 is 7.34. The zero-order valence-electron chi connectivity index (χ0n) is 12.8. The molecular weight excluding hydrogens is 346 g/mol. The standard InChI is InChI=1S/C17H14ClN3O2S/c1-11-10-24-17(20-11)21-16(22)13-6-4-12(5-7-13)9-23-14-3-2-8-19-15(14)18/h2-8,10H,9H2,1H3,(H,20,21,22). The van der Waals surface area contributed by atoms with E-state index in [-0.39, 0.29) is 5.91 Å². The Bertz CT molecular complexity index is 849. The molecule has 0 radical (unpaired) electrons. The van der Waals surface area contributed by atoms with Crippen LogP contribution in [0.15, 0.2) is 48.0 Å². The second-order valence-electron chi connectivity index (χ2n) is 5.03. The van der Waals surface area contributed by atoms with E-state index >= 15 is 0 Å². The predicted octanol–water partition coefficient (Wildman–Crippen LogP) is 4.33. The molecule has 5 nitrogen and oxygen atoms in total. The number of hydrogen-bond acceptors (Lipinski definition) is 5. The molecule has 0 saturated heterocycles. The van der Waals surface area contributed by atoms with Crippen molar-refractivity contribution in [2.45, 2.75) is 13.5 Å². The van der Waals surface area contributed by atoms with Gasteiger partial charge in [0, 0.05) is 17.1 Å². The van der Waals surface area contributed by atoms with Crippen LogP contribution in [-0.2, 0) is 6.61 Å². The molecule has 0 bridgehead atoms. The van der Waals surface area contributed by atoms with Crippen LogP contribution in [0.5, 0.6) is 5.75 Å². The molecule has 0 unspecified atom stereocenters. The van der Waals surface area contributed by atoms with Gasteiger partial charge in [0.2, 0.25) is 0 Å². The molecule has 1 amide bonds. The smallest absolute Gasteiger partial charge is 0.257 e. The van der Waals surface area contributed by atoms with Gasteiger partial charge in [-0.15, -0.1) is 11.3 Å². The topological polar surface area (TPSA) is 64.1 Å². The van der Waals surface area contributed by atoms with Crippen molar-refractivity contribution in [2.75, 3.05) is 5.32 Å². The Kier molecular flexibility index (Phi) is 5.08. The molecule has 0 fully saturated rings. The summed E-state index contributed by atoms with van der Waals surface area (Å²) in [6.07, 6.45) is 1.60. The Labute approximate surface area is 148 Å². The van der Waals surface area contributed by atoms with Crippen molar-refractivity contribution in [1.82, 2.24) is 9.97 Å². The second kappa shape index (κ2) is 7.42. The number of nitrogens with one attached hydrogen (secondary N) is 1. The molecule has 2 heterocycles. The third-order valence-corrected chi connectivity index (χ3v) is 4.33. The zero-order chi connectivity index (χ0) is 16.9. The van der Waals surface area contributed by atoms with Gasteiger partial charge in [0.15, 0.2) is 16.0 Å². The predicted molar refractivity (Wildman–Crippen MR) is 94.8 cm³/mol. The molecule has 7 heteroatoms. The maximum absolute atomic E-state index is 12.2. The van der Waals surface area contributed by atoms with Gasteiger partial charge in [-0.3, -0.25) is 10.1 Å². The number of benzene rings is 1. The number of anilines is 1. The normalized spacial score (nSPS) is 10.4. The van der Waals surface area contributed by atoms with Gasteiger partial charge in [-0.1, -0.05) is 23.7 Å². The SMILES string of the molecule is Cc1csc(NC(=O)c2ccc(COc3cccnc3Cl)cc2)n1. The van der Waals surface area contributed by atoms with Gasteiger partial charge in [0.25, 0.3) is 5.91 Å². The average Bonchev–Trinajstić information content (AvgIpc) is 2.99. The van der Waals surface area contributed by atoms with E-state index in [2.05, 4.69) is 15.3 Å². The van der Waals surface area contributed by atoms with Crippen molar-refractivity contribution in [3.63, 3.8) is 0 Å². The van der Waals surface area contributed by atoms with E-state index in [0.717, 1.165) is 11.3 Å². The molecule has 2 aromatic heterocycles. The van der Waals surface area contributed by atoms with Crippen LogP contribution in [-0.4, -0.2) is 15.9 Å². The first-order chi connectivity index (χ1) is 11.6. The molecule has 0 aliphatic rings. The first-order valence-corrected chi connectivity index (χ1v) is 8.43. The fourth-order valence-electron chi connectivity index (χ4n) is 1.97. The molecule has 122 valence electrons. The van der Waals surface area contributed by atoms with Crippen LogP contribution in [0.3, 0.4) is 0 Å². The Balaban J connectivity index is 1.60. The molecular formula is C17H14ClN3O2S. The summed E-state index contributed by atoms with van der Waals surface area (Å²) in [6, 6.07) is 10.7. The second-order valence-corrected chi connectivity index (χ2v) is 6.24. The number of amides is 1. The quantitative estimate of drug-likeness (QED) is 0.688. The minimum Gasteiger partial charge on any atom is -0.486 e. The molecule has 24 heavy (non-hydrogen) atoms. The molecule has 0 aliphatic carbocycles. The summed E-state index contributed by atoms with van der Waals surface area (Å²) in [5, 5.41) is 5.58. The summed E-state index contributed by atoms with van der Waals surface area (Å²) in [6.45, 7) is 2.23. The van der Waals surface area contributed by atoms with Gasteiger partial charge in [0.1, 0.15) is 6.61 Å². The van der Waals surface area contributed by atoms with Gasteiger partial charge < -0.3 is 4.74 Å². The highest BCUT2D eigenvalue weighted by molar-refractivity contribution is 7.13. The van der Waals surface area contributed by atoms with E-state index in [1.807, 2.05) is 24.4 Å². The maximum Gasteiger partial charge on any atom is 0.257 e. The lowest BCUT2D eigenvalue weighted by Crippen LogP contribution is -2.11. The number of hydrogen-bond donors (Lipinski definition) is 1. The van der Waals surface area contributed by atoms with E-state index in [1.54, 1.807) is 30.5 Å². The van der Waals surface area contributed by atoms with Crippen LogP contribution in [0.1, 0.15) is 21.6 Å². The minimum absolute atomic E-state index is 0.188. The number of carbonyl (C=O) groups excluding carboxylic acids is 1. The molecule has 3 rings (SSSR count). The number of ether oxygens (including phenoxy) is 1. The van der Waals surface area contributed by atoms with Gasteiger partial charge >= 0.3 is 0 Å². The van der Waals surface area contributed by atoms with E-state index in [4.69, 9.17) is 16.3 Å². The lowest BCUT2D eigenvalue weighted by molar-refractivity contribution is 0.102. The first kappa shape index (κ1) is 16.4. The Morgan fingerprint density at radius 2 is 2.08 bits per heavy atom. The monoisotopic (exact) mass is 359 g/mol. The Morgan fingerprint density at radius 3 is 2.75 bits per heavy atom. The van der Waals surface area contributed by atoms with E-state index in [1.165, 1.54) is 11.3 Å². The molecule has 3 aromatic rings. The molecule has 0 saturated carbocycles. The summed E-state index contributed by atoms with van der Waals surface area (Å²) in [5.74, 6) is 0.340. The number of aryl methyl sites for hydroxylation is 1. The van der Waals surface area contributed by atoms with Gasteiger partial charge in [-0.25, -0.2) is 9.97 Å². The van der Waals surface area contributed by atoms with E-state index in [9.17, 15) is 4.79 Å². The Morgan fingerprint density at radius 1 is 1.29 bits per heavy atom. The largest absolute Gasteiger partial charge is 0.486 e. The van der Waals surface area contributed by atoms with Crippen LogP contribution in [0.25, 0.3) is 0 Å². The molecule has 0 aliphatic heterocycles. The number of halogens is 1. The van der Waals surface area contributed by atoms with Crippen molar-refractivity contribution in [3.8, 4) is 5.75 Å². The minimum atomic E-state index is -0.188. The van der Waals surface area contributed by atoms with E-state index < -0.39 is 0 Å². The third kappa shape index (κ3) is 4.10. The van der Waals surface area contributed by atoms with Gasteiger partial charge in [-0.05, 0) is 36.8 Å². The highest BCUT2D eigenvalue weighted by Crippen LogP contribution is 2.21. The Hall–Kier alpha value is -2.44. The summed E-state index contributed by atoms with van der Waals surface area (Å²) in [5.41, 5.74) is 2.37. The molecule has 1 N–H and O–H groups in total. The maximum atomic E-state index is 12.2. The van der Waals surface area contributed by atoms with Crippen molar-refractivity contribution >= 4 is 34.0 Å². The molecule has 0 atom stereocenters. The van der Waals surface area contributed by atoms with Crippen LogP contribution in [0.4, 0.5) is 5.13 Å². The van der Waals surface area contributed by atoms with Crippen LogP contribution < -0.4 is 10.1 Å². The fraction of sp³-hybridized carbons (Fsp3) is 0.118. The summed E-state index contributed by atoms with van der Waals surface area (Å²) in [7, 11) is 0.